The highest BCUT2D eigenvalue weighted by Crippen LogP contribution is 2.20. The smallest absolute Gasteiger partial charge is 0.252 e. The Morgan fingerprint density at radius 1 is 1.29 bits per heavy atom. The lowest BCUT2D eigenvalue weighted by molar-refractivity contribution is 0.0897. The SMILES string of the molecule is CSc1ccccc1C(=O)NC1CCCN(Cc2ccccn2)C1. The fourth-order valence-corrected chi connectivity index (χ4v) is 3.73. The topological polar surface area (TPSA) is 45.2 Å². The third kappa shape index (κ3) is 4.36. The van der Waals surface area contributed by atoms with Gasteiger partial charge in [-0.25, -0.2) is 0 Å². The zero-order valence-electron chi connectivity index (χ0n) is 13.9. The zero-order valence-corrected chi connectivity index (χ0v) is 14.8. The molecular formula is C19H23N3OS. The number of carbonyl (C=O) groups excluding carboxylic acids is 1. The first kappa shape index (κ1) is 17.0. The molecular weight excluding hydrogens is 318 g/mol. The summed E-state index contributed by atoms with van der Waals surface area (Å²) < 4.78 is 0. The molecule has 0 bridgehead atoms. The molecule has 0 aliphatic carbocycles. The van der Waals surface area contributed by atoms with E-state index in [1.807, 2.05) is 48.9 Å². The minimum Gasteiger partial charge on any atom is -0.348 e. The zero-order chi connectivity index (χ0) is 16.8. The Kier molecular flexibility index (Phi) is 5.88. The van der Waals surface area contributed by atoms with E-state index in [9.17, 15) is 4.79 Å². The molecule has 3 rings (SSSR count). The Morgan fingerprint density at radius 3 is 2.92 bits per heavy atom. The van der Waals surface area contributed by atoms with Crippen LogP contribution in [0, 0.1) is 0 Å². The molecule has 2 aromatic rings. The number of rotatable bonds is 5. The standard InChI is InChI=1S/C19H23N3OS/c1-24-18-10-3-2-9-17(18)19(23)21-16-8-6-12-22(14-16)13-15-7-4-5-11-20-15/h2-5,7,9-11,16H,6,8,12-14H2,1H3,(H,21,23). The van der Waals surface area contributed by atoms with Crippen LogP contribution >= 0.6 is 11.8 Å². The van der Waals surface area contributed by atoms with Crippen LogP contribution in [0.15, 0.2) is 53.6 Å². The summed E-state index contributed by atoms with van der Waals surface area (Å²) >= 11 is 1.61. The average molecular weight is 341 g/mol. The fourth-order valence-electron chi connectivity index (χ4n) is 3.13. The summed E-state index contributed by atoms with van der Waals surface area (Å²) in [7, 11) is 0. The lowest BCUT2D eigenvalue weighted by atomic mass is 10.0. The molecule has 0 spiro atoms. The van der Waals surface area contributed by atoms with Gasteiger partial charge in [0.25, 0.3) is 5.91 Å². The maximum atomic E-state index is 12.6. The van der Waals surface area contributed by atoms with E-state index in [1.54, 1.807) is 11.8 Å². The molecule has 4 nitrogen and oxygen atoms in total. The normalized spacial score (nSPS) is 18.3. The van der Waals surface area contributed by atoms with Gasteiger partial charge < -0.3 is 5.32 Å². The van der Waals surface area contributed by atoms with Gasteiger partial charge in [0.2, 0.25) is 0 Å². The van der Waals surface area contributed by atoms with E-state index in [0.717, 1.165) is 48.6 Å². The van der Waals surface area contributed by atoms with E-state index in [-0.39, 0.29) is 11.9 Å². The molecule has 1 saturated heterocycles. The van der Waals surface area contributed by atoms with Gasteiger partial charge in [-0.15, -0.1) is 11.8 Å². The summed E-state index contributed by atoms with van der Waals surface area (Å²) in [5.74, 6) is 0.0321. The number of pyridine rings is 1. The van der Waals surface area contributed by atoms with Gasteiger partial charge in [0, 0.05) is 30.2 Å². The summed E-state index contributed by atoms with van der Waals surface area (Å²) in [6.07, 6.45) is 5.97. The number of hydrogen-bond donors (Lipinski definition) is 1. The molecule has 24 heavy (non-hydrogen) atoms. The van der Waals surface area contributed by atoms with Crippen molar-refractivity contribution in [3.8, 4) is 0 Å². The Hall–Kier alpha value is -1.85. The fraction of sp³-hybridized carbons (Fsp3) is 0.368. The maximum absolute atomic E-state index is 12.6. The molecule has 126 valence electrons. The van der Waals surface area contributed by atoms with Gasteiger partial charge in [0.15, 0.2) is 0 Å². The van der Waals surface area contributed by atoms with E-state index in [2.05, 4.69) is 21.3 Å². The van der Waals surface area contributed by atoms with Crippen molar-refractivity contribution in [3.63, 3.8) is 0 Å². The molecule has 1 fully saturated rings. The largest absolute Gasteiger partial charge is 0.348 e. The molecule has 1 aliphatic heterocycles. The minimum atomic E-state index is 0.0321. The molecule has 5 heteroatoms. The molecule has 1 atom stereocenters. The predicted octanol–water partition coefficient (Wildman–Crippen LogP) is 3.20. The van der Waals surface area contributed by atoms with Crippen molar-refractivity contribution >= 4 is 17.7 Å². The molecule has 1 amide bonds. The second kappa shape index (κ2) is 8.31. The average Bonchev–Trinajstić information content (AvgIpc) is 2.63. The Bertz CT molecular complexity index is 677. The van der Waals surface area contributed by atoms with Gasteiger partial charge in [0.1, 0.15) is 0 Å². The van der Waals surface area contributed by atoms with Crippen molar-refractivity contribution in [1.82, 2.24) is 15.2 Å². The van der Waals surface area contributed by atoms with Crippen molar-refractivity contribution in [1.29, 1.82) is 0 Å². The van der Waals surface area contributed by atoms with E-state index in [1.165, 1.54) is 0 Å². The van der Waals surface area contributed by atoms with Crippen LogP contribution in [-0.4, -0.2) is 41.2 Å². The molecule has 1 unspecified atom stereocenters. The first-order valence-electron chi connectivity index (χ1n) is 8.32. The lowest BCUT2D eigenvalue weighted by Gasteiger charge is -2.33. The van der Waals surface area contributed by atoms with E-state index in [0.29, 0.717) is 0 Å². The minimum absolute atomic E-state index is 0.0321. The first-order valence-corrected chi connectivity index (χ1v) is 9.55. The highest BCUT2D eigenvalue weighted by atomic mass is 32.2. The van der Waals surface area contributed by atoms with Gasteiger partial charge in [-0.05, 0) is 49.9 Å². The number of nitrogens with zero attached hydrogens (tertiary/aromatic N) is 2. The maximum Gasteiger partial charge on any atom is 0.252 e. The van der Waals surface area contributed by atoms with E-state index >= 15 is 0 Å². The van der Waals surface area contributed by atoms with Crippen LogP contribution in [0.5, 0.6) is 0 Å². The number of carbonyl (C=O) groups is 1. The monoisotopic (exact) mass is 341 g/mol. The highest BCUT2D eigenvalue weighted by molar-refractivity contribution is 7.98. The van der Waals surface area contributed by atoms with Crippen molar-refractivity contribution in [2.24, 2.45) is 0 Å². The van der Waals surface area contributed by atoms with Gasteiger partial charge in [-0.3, -0.25) is 14.7 Å². The van der Waals surface area contributed by atoms with Crippen LogP contribution in [-0.2, 0) is 6.54 Å². The molecule has 1 aromatic carbocycles. The van der Waals surface area contributed by atoms with Crippen molar-refractivity contribution < 1.29 is 4.79 Å². The van der Waals surface area contributed by atoms with E-state index < -0.39 is 0 Å². The third-order valence-electron chi connectivity index (χ3n) is 4.30. The highest BCUT2D eigenvalue weighted by Gasteiger charge is 2.22. The number of aromatic nitrogens is 1. The summed E-state index contributed by atoms with van der Waals surface area (Å²) in [6.45, 7) is 2.78. The van der Waals surface area contributed by atoms with Crippen LogP contribution in [0.4, 0.5) is 0 Å². The predicted molar refractivity (Wildman–Crippen MR) is 98.2 cm³/mol. The Labute approximate surface area is 147 Å². The number of piperidine rings is 1. The molecule has 1 aromatic heterocycles. The molecule has 0 saturated carbocycles. The second-order valence-electron chi connectivity index (χ2n) is 6.07. The second-order valence-corrected chi connectivity index (χ2v) is 6.92. The first-order chi connectivity index (χ1) is 11.8. The quantitative estimate of drug-likeness (QED) is 0.849. The van der Waals surface area contributed by atoms with Gasteiger partial charge >= 0.3 is 0 Å². The van der Waals surface area contributed by atoms with Crippen molar-refractivity contribution in [2.75, 3.05) is 19.3 Å². The summed E-state index contributed by atoms with van der Waals surface area (Å²) in [5.41, 5.74) is 1.85. The summed E-state index contributed by atoms with van der Waals surface area (Å²) in [6, 6.07) is 14.0. The van der Waals surface area contributed by atoms with Gasteiger partial charge in [0.05, 0.1) is 11.3 Å². The number of thioether (sulfide) groups is 1. The van der Waals surface area contributed by atoms with Crippen LogP contribution in [0.1, 0.15) is 28.9 Å². The van der Waals surface area contributed by atoms with Crippen LogP contribution in [0.25, 0.3) is 0 Å². The molecule has 1 aliphatic rings. The van der Waals surface area contributed by atoms with Gasteiger partial charge in [-0.2, -0.15) is 0 Å². The summed E-state index contributed by atoms with van der Waals surface area (Å²) in [5, 5.41) is 3.21. The number of likely N-dealkylation sites (tertiary alicyclic amines) is 1. The molecule has 0 radical (unpaired) electrons. The number of hydrogen-bond acceptors (Lipinski definition) is 4. The molecule has 2 heterocycles. The van der Waals surface area contributed by atoms with Crippen LogP contribution in [0.3, 0.4) is 0 Å². The number of benzene rings is 1. The summed E-state index contributed by atoms with van der Waals surface area (Å²) in [4.78, 5) is 20.4. The van der Waals surface area contributed by atoms with Crippen molar-refractivity contribution in [2.45, 2.75) is 30.3 Å². The lowest BCUT2D eigenvalue weighted by Crippen LogP contribution is -2.47. The third-order valence-corrected chi connectivity index (χ3v) is 5.10. The van der Waals surface area contributed by atoms with Crippen LogP contribution < -0.4 is 5.32 Å². The Balaban J connectivity index is 1.60. The number of nitrogens with one attached hydrogen (secondary N) is 1. The molecule has 1 N–H and O–H groups in total. The van der Waals surface area contributed by atoms with Crippen LogP contribution in [0.2, 0.25) is 0 Å². The van der Waals surface area contributed by atoms with Gasteiger partial charge in [-0.1, -0.05) is 18.2 Å². The van der Waals surface area contributed by atoms with E-state index in [4.69, 9.17) is 0 Å². The Morgan fingerprint density at radius 2 is 2.12 bits per heavy atom. The van der Waals surface area contributed by atoms with Crippen molar-refractivity contribution in [3.05, 3.63) is 59.9 Å². The number of amides is 1.